The van der Waals surface area contributed by atoms with E-state index < -0.39 is 11.7 Å². The number of amides is 1. The van der Waals surface area contributed by atoms with Crippen LogP contribution in [0.1, 0.15) is 22.8 Å². The molecule has 0 aromatic heterocycles. The molecule has 0 aliphatic carbocycles. The standard InChI is InChI=1S/C17H17FN2O3/c1-3-23-15-9-4-12(10-16(15)22-2)11-19-20-17(21)13-5-7-14(18)8-6-13/h4-11H,3H2,1-2H3,(H,20,21)/b19-11+. The largest absolute Gasteiger partial charge is 0.493 e. The molecular formula is C17H17FN2O3. The van der Waals surface area contributed by atoms with Gasteiger partial charge in [-0.15, -0.1) is 0 Å². The van der Waals surface area contributed by atoms with Gasteiger partial charge in [-0.3, -0.25) is 4.79 Å². The number of nitrogens with zero attached hydrogens (tertiary/aromatic N) is 1. The normalized spacial score (nSPS) is 10.6. The van der Waals surface area contributed by atoms with Gasteiger partial charge in [-0.1, -0.05) is 0 Å². The van der Waals surface area contributed by atoms with Crippen molar-refractivity contribution in [1.82, 2.24) is 5.43 Å². The molecule has 23 heavy (non-hydrogen) atoms. The summed E-state index contributed by atoms with van der Waals surface area (Å²) in [6.45, 7) is 2.43. The second kappa shape index (κ2) is 7.93. The number of rotatable bonds is 6. The predicted octanol–water partition coefficient (Wildman–Crippen LogP) is 3.00. The van der Waals surface area contributed by atoms with Crippen molar-refractivity contribution in [3.05, 3.63) is 59.4 Å². The molecule has 0 spiro atoms. The fourth-order valence-electron chi connectivity index (χ4n) is 1.87. The zero-order chi connectivity index (χ0) is 16.7. The molecule has 0 aliphatic heterocycles. The van der Waals surface area contributed by atoms with Gasteiger partial charge in [0.15, 0.2) is 11.5 Å². The van der Waals surface area contributed by atoms with E-state index in [1.54, 1.807) is 25.3 Å². The van der Waals surface area contributed by atoms with E-state index in [0.29, 0.717) is 23.7 Å². The molecule has 0 bridgehead atoms. The highest BCUT2D eigenvalue weighted by atomic mass is 19.1. The molecule has 0 saturated carbocycles. The second-order valence-electron chi connectivity index (χ2n) is 4.55. The highest BCUT2D eigenvalue weighted by Gasteiger charge is 2.05. The molecule has 120 valence electrons. The van der Waals surface area contributed by atoms with Crippen LogP contribution in [0.2, 0.25) is 0 Å². The maximum absolute atomic E-state index is 12.8. The summed E-state index contributed by atoms with van der Waals surface area (Å²) in [5, 5.41) is 3.88. The van der Waals surface area contributed by atoms with Gasteiger partial charge >= 0.3 is 0 Å². The van der Waals surface area contributed by atoms with Crippen molar-refractivity contribution in [2.75, 3.05) is 13.7 Å². The monoisotopic (exact) mass is 316 g/mol. The van der Waals surface area contributed by atoms with E-state index >= 15 is 0 Å². The second-order valence-corrected chi connectivity index (χ2v) is 4.55. The zero-order valence-electron chi connectivity index (χ0n) is 12.9. The van der Waals surface area contributed by atoms with E-state index in [-0.39, 0.29) is 0 Å². The van der Waals surface area contributed by atoms with Gasteiger partial charge in [0.2, 0.25) is 0 Å². The summed E-state index contributed by atoms with van der Waals surface area (Å²) in [5.41, 5.74) is 3.45. The van der Waals surface area contributed by atoms with Gasteiger partial charge in [0.05, 0.1) is 19.9 Å². The average Bonchev–Trinajstić information content (AvgIpc) is 2.56. The van der Waals surface area contributed by atoms with Crippen molar-refractivity contribution in [2.24, 2.45) is 5.10 Å². The summed E-state index contributed by atoms with van der Waals surface area (Å²) in [7, 11) is 1.55. The van der Waals surface area contributed by atoms with Gasteiger partial charge in [0.25, 0.3) is 5.91 Å². The highest BCUT2D eigenvalue weighted by molar-refractivity contribution is 5.94. The molecule has 1 amide bonds. The van der Waals surface area contributed by atoms with E-state index in [1.165, 1.54) is 30.5 Å². The molecule has 0 saturated heterocycles. The summed E-state index contributed by atoms with van der Waals surface area (Å²) in [6, 6.07) is 10.5. The Kier molecular flexibility index (Phi) is 5.68. The molecule has 2 rings (SSSR count). The highest BCUT2D eigenvalue weighted by Crippen LogP contribution is 2.27. The molecular weight excluding hydrogens is 299 g/mol. The summed E-state index contributed by atoms with van der Waals surface area (Å²) >= 11 is 0. The molecule has 0 atom stereocenters. The fraction of sp³-hybridized carbons (Fsp3) is 0.176. The molecule has 5 nitrogen and oxygen atoms in total. The molecule has 0 fully saturated rings. The van der Waals surface area contributed by atoms with E-state index in [1.807, 2.05) is 6.92 Å². The quantitative estimate of drug-likeness (QED) is 0.658. The number of hydrogen-bond donors (Lipinski definition) is 1. The number of carbonyl (C=O) groups is 1. The lowest BCUT2D eigenvalue weighted by atomic mass is 10.2. The summed E-state index contributed by atoms with van der Waals surface area (Å²) in [5.74, 6) is 0.411. The Morgan fingerprint density at radius 3 is 2.61 bits per heavy atom. The maximum atomic E-state index is 12.8. The molecule has 0 heterocycles. The summed E-state index contributed by atoms with van der Waals surface area (Å²) < 4.78 is 23.5. The number of benzene rings is 2. The minimum absolute atomic E-state index is 0.327. The fourth-order valence-corrected chi connectivity index (χ4v) is 1.87. The number of ether oxygens (including phenoxy) is 2. The third kappa shape index (κ3) is 4.54. The van der Waals surface area contributed by atoms with Crippen LogP contribution < -0.4 is 14.9 Å². The third-order valence-corrected chi connectivity index (χ3v) is 2.97. The van der Waals surface area contributed by atoms with E-state index in [9.17, 15) is 9.18 Å². The van der Waals surface area contributed by atoms with E-state index in [4.69, 9.17) is 9.47 Å². The van der Waals surface area contributed by atoms with Gasteiger partial charge in [-0.25, -0.2) is 9.82 Å². The lowest BCUT2D eigenvalue weighted by Crippen LogP contribution is -2.17. The molecule has 1 N–H and O–H groups in total. The van der Waals surface area contributed by atoms with Crippen LogP contribution in [0.15, 0.2) is 47.6 Å². The van der Waals surface area contributed by atoms with Crippen molar-refractivity contribution < 1.29 is 18.7 Å². The molecule has 0 radical (unpaired) electrons. The molecule has 2 aromatic rings. The first kappa shape index (κ1) is 16.5. The maximum Gasteiger partial charge on any atom is 0.271 e. The Morgan fingerprint density at radius 1 is 1.22 bits per heavy atom. The number of hydrogen-bond acceptors (Lipinski definition) is 4. The van der Waals surface area contributed by atoms with Crippen LogP contribution in [0.5, 0.6) is 11.5 Å². The van der Waals surface area contributed by atoms with Gasteiger partial charge in [0, 0.05) is 5.56 Å². The molecule has 0 unspecified atom stereocenters. The zero-order valence-corrected chi connectivity index (χ0v) is 12.9. The first-order valence-corrected chi connectivity index (χ1v) is 7.04. The van der Waals surface area contributed by atoms with Crippen LogP contribution >= 0.6 is 0 Å². The number of halogens is 1. The number of nitrogens with one attached hydrogen (secondary N) is 1. The van der Waals surface area contributed by atoms with Crippen molar-refractivity contribution in [2.45, 2.75) is 6.92 Å². The van der Waals surface area contributed by atoms with Gasteiger partial charge < -0.3 is 9.47 Å². The van der Waals surface area contributed by atoms with Crippen molar-refractivity contribution >= 4 is 12.1 Å². The number of carbonyl (C=O) groups excluding carboxylic acids is 1. The summed E-state index contributed by atoms with van der Waals surface area (Å²) in [4.78, 5) is 11.8. The van der Waals surface area contributed by atoms with Gasteiger partial charge in [-0.05, 0) is 55.0 Å². The number of hydrazone groups is 1. The van der Waals surface area contributed by atoms with E-state index in [0.717, 1.165) is 5.56 Å². The van der Waals surface area contributed by atoms with Crippen molar-refractivity contribution in [3.8, 4) is 11.5 Å². The van der Waals surface area contributed by atoms with Crippen LogP contribution in [0, 0.1) is 5.82 Å². The SMILES string of the molecule is CCOc1ccc(/C=N/NC(=O)c2ccc(F)cc2)cc1OC. The van der Waals surface area contributed by atoms with Crippen LogP contribution in [-0.4, -0.2) is 25.8 Å². The lowest BCUT2D eigenvalue weighted by Gasteiger charge is -2.09. The topological polar surface area (TPSA) is 59.9 Å². The van der Waals surface area contributed by atoms with Gasteiger partial charge in [0.1, 0.15) is 5.82 Å². The van der Waals surface area contributed by atoms with Crippen LogP contribution in [0.3, 0.4) is 0 Å². The third-order valence-electron chi connectivity index (χ3n) is 2.97. The molecule has 6 heteroatoms. The molecule has 0 aliphatic rings. The first-order valence-electron chi connectivity index (χ1n) is 7.04. The molecule has 2 aromatic carbocycles. The minimum Gasteiger partial charge on any atom is -0.493 e. The number of methoxy groups -OCH3 is 1. The van der Waals surface area contributed by atoms with Crippen molar-refractivity contribution in [3.63, 3.8) is 0 Å². The van der Waals surface area contributed by atoms with Crippen LogP contribution in [-0.2, 0) is 0 Å². The Balaban J connectivity index is 2.02. The van der Waals surface area contributed by atoms with Crippen LogP contribution in [0.4, 0.5) is 4.39 Å². The smallest absolute Gasteiger partial charge is 0.271 e. The minimum atomic E-state index is -0.417. The van der Waals surface area contributed by atoms with E-state index in [2.05, 4.69) is 10.5 Å². The lowest BCUT2D eigenvalue weighted by molar-refractivity contribution is 0.0955. The Morgan fingerprint density at radius 2 is 1.96 bits per heavy atom. The first-order chi connectivity index (χ1) is 11.1. The Labute approximate surface area is 133 Å². The Hall–Kier alpha value is -2.89. The average molecular weight is 316 g/mol. The van der Waals surface area contributed by atoms with Crippen molar-refractivity contribution in [1.29, 1.82) is 0 Å². The predicted molar refractivity (Wildman–Crippen MR) is 85.6 cm³/mol. The Bertz CT molecular complexity index is 699. The summed E-state index contributed by atoms with van der Waals surface area (Å²) in [6.07, 6.45) is 1.49. The van der Waals surface area contributed by atoms with Crippen LogP contribution in [0.25, 0.3) is 0 Å². The van der Waals surface area contributed by atoms with Gasteiger partial charge in [-0.2, -0.15) is 5.10 Å².